The van der Waals surface area contributed by atoms with Crippen LogP contribution in [0, 0.1) is 13.8 Å². The highest BCUT2D eigenvalue weighted by atomic mass is 16.5. The van der Waals surface area contributed by atoms with E-state index in [9.17, 15) is 9.59 Å². The lowest BCUT2D eigenvalue weighted by Crippen LogP contribution is -2.38. The van der Waals surface area contributed by atoms with Crippen molar-refractivity contribution < 1.29 is 23.8 Å². The topological polar surface area (TPSA) is 70.0 Å². The van der Waals surface area contributed by atoms with Crippen molar-refractivity contribution in [1.29, 1.82) is 0 Å². The van der Waals surface area contributed by atoms with Gasteiger partial charge in [-0.15, -0.1) is 0 Å². The fourth-order valence-corrected chi connectivity index (χ4v) is 3.22. The highest BCUT2D eigenvalue weighted by Gasteiger charge is 2.32. The Bertz CT molecular complexity index is 893. The Kier molecular flexibility index (Phi) is 5.32. The van der Waals surface area contributed by atoms with Crippen LogP contribution in [0.5, 0.6) is 0 Å². The van der Waals surface area contributed by atoms with Gasteiger partial charge in [-0.2, -0.15) is 0 Å². The van der Waals surface area contributed by atoms with E-state index >= 15 is 0 Å². The fraction of sp³-hybridized carbons (Fsp3) is 0.300. The molecule has 1 aliphatic heterocycles. The quantitative estimate of drug-likeness (QED) is 0.770. The van der Waals surface area contributed by atoms with Crippen molar-refractivity contribution in [2.45, 2.75) is 13.8 Å². The maximum atomic E-state index is 12.4. The van der Waals surface area contributed by atoms with Gasteiger partial charge in [0.15, 0.2) is 0 Å². The summed E-state index contributed by atoms with van der Waals surface area (Å²) in [6, 6.07) is 11.8. The number of benzene rings is 1. The molecular formula is C20H22N2O5. The lowest BCUT2D eigenvalue weighted by atomic mass is 10.1. The first-order valence-corrected chi connectivity index (χ1v) is 8.48. The van der Waals surface area contributed by atoms with E-state index in [0.29, 0.717) is 5.69 Å². The predicted octanol–water partition coefficient (Wildman–Crippen LogP) is 2.49. The van der Waals surface area contributed by atoms with E-state index < -0.39 is 11.9 Å². The number of rotatable bonds is 4. The van der Waals surface area contributed by atoms with Gasteiger partial charge >= 0.3 is 11.9 Å². The maximum Gasteiger partial charge on any atom is 0.355 e. The Morgan fingerprint density at radius 2 is 1.59 bits per heavy atom. The van der Waals surface area contributed by atoms with Crippen LogP contribution in [0.2, 0.25) is 0 Å². The van der Waals surface area contributed by atoms with Crippen molar-refractivity contribution in [1.82, 2.24) is 4.57 Å². The van der Waals surface area contributed by atoms with E-state index in [-0.39, 0.29) is 24.6 Å². The molecule has 2 heterocycles. The standard InChI is InChI=1S/C20H22N2O5/c1-13-8-9-14(2)22(13)16-7-5-6-15(10-16)21-12-27-11-17(19(23)25-3)18(21)20(24)26-4/h5-10H,11-12H2,1-4H3. The Morgan fingerprint density at radius 1 is 0.963 bits per heavy atom. The molecule has 0 fully saturated rings. The number of nitrogens with zero attached hydrogens (tertiary/aromatic N) is 2. The van der Waals surface area contributed by atoms with Crippen molar-refractivity contribution in [2.75, 3.05) is 32.5 Å². The van der Waals surface area contributed by atoms with E-state index in [1.165, 1.54) is 14.2 Å². The molecule has 0 N–H and O–H groups in total. The molecule has 2 aromatic rings. The normalized spacial score (nSPS) is 14.3. The monoisotopic (exact) mass is 370 g/mol. The second-order valence-corrected chi connectivity index (χ2v) is 6.19. The number of methoxy groups -OCH3 is 2. The largest absolute Gasteiger partial charge is 0.466 e. The second-order valence-electron chi connectivity index (χ2n) is 6.19. The highest BCUT2D eigenvalue weighted by molar-refractivity contribution is 6.03. The van der Waals surface area contributed by atoms with Gasteiger partial charge in [0.25, 0.3) is 0 Å². The number of hydrogen-bond donors (Lipinski definition) is 0. The summed E-state index contributed by atoms with van der Waals surface area (Å²) in [4.78, 5) is 26.2. The van der Waals surface area contributed by atoms with Crippen LogP contribution >= 0.6 is 0 Å². The second kappa shape index (κ2) is 7.67. The smallest absolute Gasteiger partial charge is 0.355 e. The molecule has 0 atom stereocenters. The third-order valence-corrected chi connectivity index (χ3v) is 4.50. The molecule has 0 radical (unpaired) electrons. The number of ether oxygens (including phenoxy) is 3. The van der Waals surface area contributed by atoms with E-state index in [1.807, 2.05) is 50.2 Å². The van der Waals surface area contributed by atoms with Crippen LogP contribution in [-0.4, -0.2) is 44.1 Å². The van der Waals surface area contributed by atoms with Crippen LogP contribution in [-0.2, 0) is 23.8 Å². The number of esters is 2. The number of carbonyl (C=O) groups is 2. The molecule has 0 aliphatic carbocycles. The SMILES string of the molecule is COC(=O)C1=C(C(=O)OC)N(c2cccc(-n3c(C)ccc3C)c2)COC1. The molecule has 0 amide bonds. The summed E-state index contributed by atoms with van der Waals surface area (Å²) in [6.07, 6.45) is 0. The molecule has 7 nitrogen and oxygen atoms in total. The average Bonchev–Trinajstić information content (AvgIpc) is 3.04. The Labute approximate surface area is 157 Å². The summed E-state index contributed by atoms with van der Waals surface area (Å²) in [5, 5.41) is 0. The summed E-state index contributed by atoms with van der Waals surface area (Å²) in [5.74, 6) is -1.23. The molecule has 0 saturated carbocycles. The van der Waals surface area contributed by atoms with Crippen molar-refractivity contribution in [3.8, 4) is 5.69 Å². The minimum atomic E-state index is -0.617. The molecule has 0 saturated heterocycles. The van der Waals surface area contributed by atoms with Crippen LogP contribution in [0.15, 0.2) is 47.7 Å². The molecule has 7 heteroatoms. The summed E-state index contributed by atoms with van der Waals surface area (Å²) >= 11 is 0. The van der Waals surface area contributed by atoms with E-state index in [4.69, 9.17) is 14.2 Å². The van der Waals surface area contributed by atoms with Crippen molar-refractivity contribution >= 4 is 17.6 Å². The molecule has 27 heavy (non-hydrogen) atoms. The van der Waals surface area contributed by atoms with Gasteiger partial charge in [0.1, 0.15) is 12.4 Å². The minimum Gasteiger partial charge on any atom is -0.466 e. The Morgan fingerprint density at radius 3 is 2.22 bits per heavy atom. The van der Waals surface area contributed by atoms with E-state index in [1.54, 1.807) is 4.90 Å². The maximum absolute atomic E-state index is 12.4. The van der Waals surface area contributed by atoms with Crippen molar-refractivity contribution in [3.63, 3.8) is 0 Å². The van der Waals surface area contributed by atoms with Crippen molar-refractivity contribution in [2.24, 2.45) is 0 Å². The lowest BCUT2D eigenvalue weighted by molar-refractivity contribution is -0.140. The van der Waals surface area contributed by atoms with Gasteiger partial charge in [-0.05, 0) is 44.2 Å². The molecular weight excluding hydrogens is 348 g/mol. The zero-order valence-corrected chi connectivity index (χ0v) is 15.8. The molecule has 0 spiro atoms. The summed E-state index contributed by atoms with van der Waals surface area (Å²) in [6.45, 7) is 4.17. The van der Waals surface area contributed by atoms with Gasteiger partial charge < -0.3 is 23.7 Å². The molecule has 1 aliphatic rings. The first-order chi connectivity index (χ1) is 13.0. The molecule has 1 aromatic carbocycles. The third-order valence-electron chi connectivity index (χ3n) is 4.50. The van der Waals surface area contributed by atoms with Gasteiger partial charge in [-0.3, -0.25) is 0 Å². The number of aromatic nitrogens is 1. The molecule has 0 unspecified atom stereocenters. The van der Waals surface area contributed by atoms with Gasteiger partial charge in [0, 0.05) is 22.8 Å². The Hall–Kier alpha value is -3.06. The number of carbonyl (C=O) groups excluding carboxylic acids is 2. The van der Waals surface area contributed by atoms with Gasteiger partial charge in [-0.25, -0.2) is 9.59 Å². The highest BCUT2D eigenvalue weighted by Crippen LogP contribution is 2.29. The zero-order valence-electron chi connectivity index (χ0n) is 15.8. The Balaban J connectivity index is 2.10. The molecule has 142 valence electrons. The molecule has 1 aromatic heterocycles. The number of aryl methyl sites for hydroxylation is 2. The predicted molar refractivity (Wildman–Crippen MR) is 99.6 cm³/mol. The van der Waals surface area contributed by atoms with Crippen LogP contribution < -0.4 is 4.90 Å². The van der Waals surface area contributed by atoms with Crippen LogP contribution in [0.4, 0.5) is 5.69 Å². The van der Waals surface area contributed by atoms with E-state index in [2.05, 4.69) is 4.57 Å². The number of anilines is 1. The lowest BCUT2D eigenvalue weighted by Gasteiger charge is -2.31. The van der Waals surface area contributed by atoms with E-state index in [0.717, 1.165) is 17.1 Å². The first-order valence-electron chi connectivity index (χ1n) is 8.48. The van der Waals surface area contributed by atoms with Gasteiger partial charge in [-0.1, -0.05) is 6.07 Å². The summed E-state index contributed by atoms with van der Waals surface area (Å²) < 4.78 is 17.3. The minimum absolute atomic E-state index is 0.0108. The molecule has 3 rings (SSSR count). The van der Waals surface area contributed by atoms with Crippen LogP contribution in [0.1, 0.15) is 11.4 Å². The number of hydrogen-bond acceptors (Lipinski definition) is 6. The zero-order chi connectivity index (χ0) is 19.6. The van der Waals surface area contributed by atoms with Crippen molar-refractivity contribution in [3.05, 3.63) is 59.1 Å². The van der Waals surface area contributed by atoms with Gasteiger partial charge in [0.2, 0.25) is 0 Å². The fourth-order valence-electron chi connectivity index (χ4n) is 3.22. The molecule has 0 bridgehead atoms. The van der Waals surface area contributed by atoms with Crippen LogP contribution in [0.3, 0.4) is 0 Å². The summed E-state index contributed by atoms with van der Waals surface area (Å²) in [7, 11) is 2.54. The van der Waals surface area contributed by atoms with Crippen LogP contribution in [0.25, 0.3) is 5.69 Å². The first kappa shape index (κ1) is 18.7. The third kappa shape index (κ3) is 3.46. The summed E-state index contributed by atoms with van der Waals surface area (Å²) in [5.41, 5.74) is 4.11. The van der Waals surface area contributed by atoms with Gasteiger partial charge in [0.05, 0.1) is 26.4 Å². The average molecular weight is 370 g/mol.